The minimum Gasteiger partial charge on any atom is -0.312 e. The van der Waals surface area contributed by atoms with Gasteiger partial charge in [-0.3, -0.25) is 0 Å². The molecule has 1 aliphatic rings. The summed E-state index contributed by atoms with van der Waals surface area (Å²) in [5.74, 6) is 0. The fraction of sp³-hybridized carbons (Fsp3) is 0.538. The average molecular weight is 277 g/mol. The van der Waals surface area contributed by atoms with Gasteiger partial charge in [0, 0.05) is 12.1 Å². The fourth-order valence-electron chi connectivity index (χ4n) is 2.65. The molecule has 0 saturated heterocycles. The highest BCUT2D eigenvalue weighted by atomic mass is 35.5. The van der Waals surface area contributed by atoms with Gasteiger partial charge < -0.3 is 10.2 Å². The van der Waals surface area contributed by atoms with Crippen molar-refractivity contribution < 1.29 is 0 Å². The number of nitrogens with zero attached hydrogens (tertiary/aromatic N) is 1. The second-order valence-electron chi connectivity index (χ2n) is 4.53. The van der Waals surface area contributed by atoms with Crippen molar-refractivity contribution in [3.8, 4) is 0 Å². The van der Waals surface area contributed by atoms with E-state index in [2.05, 4.69) is 55.6 Å². The lowest BCUT2D eigenvalue weighted by Gasteiger charge is -2.37. The van der Waals surface area contributed by atoms with Gasteiger partial charge in [0.05, 0.1) is 0 Å². The van der Waals surface area contributed by atoms with Crippen molar-refractivity contribution in [2.75, 3.05) is 21.1 Å². The summed E-state index contributed by atoms with van der Waals surface area (Å²) in [5.41, 5.74) is 2.99. The zero-order valence-corrected chi connectivity index (χ0v) is 12.3. The van der Waals surface area contributed by atoms with Crippen LogP contribution in [0, 0.1) is 0 Å². The Morgan fingerprint density at radius 2 is 1.82 bits per heavy atom. The standard InChI is InChI=1S/C13H20N2.2ClH/c1-14-13-11-7-5-4-6-10(11)8-9-12(13)15(2)3;;/h4-7,12-14H,8-9H2,1-3H3;2*1H/t12-,13-;;/m0../s1. The summed E-state index contributed by atoms with van der Waals surface area (Å²) in [5, 5.41) is 3.45. The molecule has 2 nitrogen and oxygen atoms in total. The zero-order chi connectivity index (χ0) is 10.8. The van der Waals surface area contributed by atoms with Crippen LogP contribution in [0.4, 0.5) is 0 Å². The minimum atomic E-state index is 0. The summed E-state index contributed by atoms with van der Waals surface area (Å²) in [4.78, 5) is 2.33. The fourth-order valence-corrected chi connectivity index (χ4v) is 2.65. The Morgan fingerprint density at radius 3 is 2.41 bits per heavy atom. The van der Waals surface area contributed by atoms with E-state index in [1.54, 1.807) is 0 Å². The predicted molar refractivity (Wildman–Crippen MR) is 78.5 cm³/mol. The van der Waals surface area contributed by atoms with Crippen LogP contribution in [0.2, 0.25) is 0 Å². The Balaban J connectivity index is 0.00000128. The zero-order valence-electron chi connectivity index (χ0n) is 10.6. The maximum atomic E-state index is 3.45. The molecule has 0 saturated carbocycles. The topological polar surface area (TPSA) is 15.3 Å². The third kappa shape index (κ3) is 3.35. The number of aryl methyl sites for hydroxylation is 1. The summed E-state index contributed by atoms with van der Waals surface area (Å²) in [6.45, 7) is 0. The number of hydrogen-bond acceptors (Lipinski definition) is 2. The first-order valence-electron chi connectivity index (χ1n) is 5.65. The Labute approximate surface area is 117 Å². The van der Waals surface area contributed by atoms with Crippen molar-refractivity contribution in [2.45, 2.75) is 24.9 Å². The molecule has 0 aromatic heterocycles. The van der Waals surface area contributed by atoms with Gasteiger partial charge in [0.1, 0.15) is 0 Å². The number of fused-ring (bicyclic) bond motifs is 1. The van der Waals surface area contributed by atoms with E-state index in [9.17, 15) is 0 Å². The minimum absolute atomic E-state index is 0. The SMILES string of the molecule is CN[C@H]1c2ccccc2CC[C@@H]1N(C)C.Cl.Cl. The van der Waals surface area contributed by atoms with Crippen LogP contribution in [0.1, 0.15) is 23.6 Å². The molecular formula is C13H22Cl2N2. The molecular weight excluding hydrogens is 255 g/mol. The molecule has 1 aromatic rings. The maximum Gasteiger partial charge on any atom is 0.0478 e. The summed E-state index contributed by atoms with van der Waals surface area (Å²) in [6.07, 6.45) is 2.45. The smallest absolute Gasteiger partial charge is 0.0478 e. The highest BCUT2D eigenvalue weighted by Gasteiger charge is 2.29. The number of halogens is 2. The molecule has 1 N–H and O–H groups in total. The van der Waals surface area contributed by atoms with Crippen LogP contribution in [-0.4, -0.2) is 32.1 Å². The van der Waals surface area contributed by atoms with Gasteiger partial charge in [-0.1, -0.05) is 24.3 Å². The Morgan fingerprint density at radius 1 is 1.18 bits per heavy atom. The molecule has 0 bridgehead atoms. The third-order valence-corrected chi connectivity index (χ3v) is 3.46. The lowest BCUT2D eigenvalue weighted by Crippen LogP contribution is -2.42. The molecule has 0 heterocycles. The van der Waals surface area contributed by atoms with Gasteiger partial charge in [-0.2, -0.15) is 0 Å². The van der Waals surface area contributed by atoms with Crippen LogP contribution in [0.5, 0.6) is 0 Å². The van der Waals surface area contributed by atoms with E-state index >= 15 is 0 Å². The van der Waals surface area contributed by atoms with Gasteiger partial charge in [-0.05, 0) is 45.1 Å². The van der Waals surface area contributed by atoms with Crippen molar-refractivity contribution in [1.82, 2.24) is 10.2 Å². The highest BCUT2D eigenvalue weighted by molar-refractivity contribution is 5.85. The summed E-state index contributed by atoms with van der Waals surface area (Å²) >= 11 is 0. The van der Waals surface area contributed by atoms with Crippen LogP contribution >= 0.6 is 24.8 Å². The van der Waals surface area contributed by atoms with Crippen LogP contribution in [-0.2, 0) is 6.42 Å². The van der Waals surface area contributed by atoms with E-state index in [0.717, 1.165) is 0 Å². The van der Waals surface area contributed by atoms with Gasteiger partial charge in [-0.15, -0.1) is 24.8 Å². The van der Waals surface area contributed by atoms with E-state index in [4.69, 9.17) is 0 Å². The van der Waals surface area contributed by atoms with E-state index < -0.39 is 0 Å². The molecule has 2 rings (SSSR count). The summed E-state index contributed by atoms with van der Waals surface area (Å²) < 4.78 is 0. The predicted octanol–water partition coefficient (Wildman–Crippen LogP) is 2.67. The first-order valence-corrected chi connectivity index (χ1v) is 5.65. The van der Waals surface area contributed by atoms with Crippen LogP contribution < -0.4 is 5.32 Å². The lowest BCUT2D eigenvalue weighted by molar-refractivity contribution is 0.212. The van der Waals surface area contributed by atoms with E-state index in [0.29, 0.717) is 12.1 Å². The van der Waals surface area contributed by atoms with Gasteiger partial charge >= 0.3 is 0 Å². The molecule has 0 radical (unpaired) electrons. The number of rotatable bonds is 2. The second-order valence-corrected chi connectivity index (χ2v) is 4.53. The van der Waals surface area contributed by atoms with Gasteiger partial charge in [-0.25, -0.2) is 0 Å². The first-order chi connectivity index (χ1) is 7.24. The molecule has 0 fully saturated rings. The number of hydrogen-bond donors (Lipinski definition) is 1. The molecule has 1 aromatic carbocycles. The molecule has 0 unspecified atom stereocenters. The first kappa shape index (κ1) is 16.7. The Kier molecular flexibility index (Phi) is 7.10. The van der Waals surface area contributed by atoms with Crippen LogP contribution in [0.3, 0.4) is 0 Å². The second kappa shape index (κ2) is 7.22. The van der Waals surface area contributed by atoms with Crippen LogP contribution in [0.25, 0.3) is 0 Å². The largest absolute Gasteiger partial charge is 0.312 e. The van der Waals surface area contributed by atoms with Crippen molar-refractivity contribution in [3.05, 3.63) is 35.4 Å². The highest BCUT2D eigenvalue weighted by Crippen LogP contribution is 2.31. The average Bonchev–Trinajstić information content (AvgIpc) is 2.27. The van der Waals surface area contributed by atoms with E-state index in [-0.39, 0.29) is 24.8 Å². The Hall–Kier alpha value is -0.280. The molecule has 0 aliphatic heterocycles. The number of likely N-dealkylation sites (N-methyl/N-ethyl adjacent to an activating group) is 2. The van der Waals surface area contributed by atoms with Crippen LogP contribution in [0.15, 0.2) is 24.3 Å². The van der Waals surface area contributed by atoms with E-state index in [1.807, 2.05) is 0 Å². The molecule has 17 heavy (non-hydrogen) atoms. The van der Waals surface area contributed by atoms with Gasteiger partial charge in [0.2, 0.25) is 0 Å². The van der Waals surface area contributed by atoms with Crippen molar-refractivity contribution in [1.29, 1.82) is 0 Å². The molecule has 98 valence electrons. The molecule has 1 aliphatic carbocycles. The normalized spacial score (nSPS) is 22.4. The quantitative estimate of drug-likeness (QED) is 0.894. The van der Waals surface area contributed by atoms with Crippen molar-refractivity contribution in [2.24, 2.45) is 0 Å². The Bertz CT molecular complexity index is 342. The van der Waals surface area contributed by atoms with Gasteiger partial charge in [0.25, 0.3) is 0 Å². The number of benzene rings is 1. The maximum absolute atomic E-state index is 3.45. The number of nitrogens with one attached hydrogen (secondary N) is 1. The third-order valence-electron chi connectivity index (χ3n) is 3.46. The molecule has 0 spiro atoms. The summed E-state index contributed by atoms with van der Waals surface area (Å²) in [7, 11) is 6.40. The summed E-state index contributed by atoms with van der Waals surface area (Å²) in [6, 6.07) is 9.88. The van der Waals surface area contributed by atoms with Gasteiger partial charge in [0.15, 0.2) is 0 Å². The van der Waals surface area contributed by atoms with Crippen molar-refractivity contribution in [3.63, 3.8) is 0 Å². The monoisotopic (exact) mass is 276 g/mol. The molecule has 2 atom stereocenters. The molecule has 4 heteroatoms. The van der Waals surface area contributed by atoms with E-state index in [1.165, 1.54) is 24.0 Å². The lowest BCUT2D eigenvalue weighted by atomic mass is 9.83. The van der Waals surface area contributed by atoms with Crippen molar-refractivity contribution >= 4 is 24.8 Å². The molecule has 0 amide bonds.